The van der Waals surface area contributed by atoms with E-state index in [-0.39, 0.29) is 35.1 Å². The van der Waals surface area contributed by atoms with Crippen LogP contribution < -0.4 is 4.72 Å². The molecule has 15 atom stereocenters. The molecule has 4 aliphatic carbocycles. The van der Waals surface area contributed by atoms with Crippen LogP contribution in [0.25, 0.3) is 51.6 Å². The summed E-state index contributed by atoms with van der Waals surface area (Å²) in [7, 11) is -3.19. The third-order valence-electron chi connectivity index (χ3n) is 19.9. The first-order valence-corrected chi connectivity index (χ1v) is 31.7. The first kappa shape index (κ1) is 60.0. The monoisotopic (exact) mass is 1150 g/mol. The molecule has 2 saturated heterocycles. The number of ketones is 1. The number of esters is 1. The quantitative estimate of drug-likeness (QED) is 0.135. The van der Waals surface area contributed by atoms with E-state index in [0.29, 0.717) is 94.6 Å². The number of benzene rings is 3. The standard InChI is InChI=1S/C25H26N2O.C24H24N2O2.C23H25N3O2S/c1-16-11-20-12-22(28)13-25(20)23(17(16)2)10-9-21-8-7-19(15-27-21)24-6-4-3-5-18(24)14-26;1-15-11-23-22(12-24(27)28-23)20(16(15)2)10-9-19-8-7-18(14-26-19)21-6-4-3-5-17(21)13-25;1-15-11-23-22(14-26-29(23,27)28)20(16(15)2)10-9-19-8-7-18(13-25-19)21-6-4-3-5-17(21)12-24/h3-10,15-17,20,23,25H,11-13H2,1-2H3;3-10,14-16,20,22-23H,11-12H2,1-2H3;3-10,13,15-16,20,22-23,26H,11,14H2,1-2H3/b3*10-9+/t16-,17+,20-,23-,25+;2*15-,16+,20-,22-,23+/m000/s1. The molecule has 85 heavy (non-hydrogen) atoms. The third kappa shape index (κ3) is 13.4. The van der Waals surface area contributed by atoms with Gasteiger partial charge in [0, 0.05) is 77.3 Å². The lowest BCUT2D eigenvalue weighted by molar-refractivity contribution is -0.142. The minimum atomic E-state index is -3.19. The van der Waals surface area contributed by atoms with Crippen molar-refractivity contribution in [3.8, 4) is 51.6 Å². The number of carbonyl (C=O) groups is 2. The van der Waals surface area contributed by atoms with E-state index in [9.17, 15) is 33.8 Å². The molecule has 5 heterocycles. The lowest BCUT2D eigenvalue weighted by Gasteiger charge is -2.41. The lowest BCUT2D eigenvalue weighted by atomic mass is 9.64. The average molecular weight is 1150 g/mol. The molecule has 0 spiro atoms. The number of sulfonamides is 1. The molecule has 0 bridgehead atoms. The molecule has 1 N–H and O–H groups in total. The van der Waals surface area contributed by atoms with Gasteiger partial charge in [-0.3, -0.25) is 24.5 Å². The fraction of sp³-hybridized carbons (Fsp3) is 0.389. The van der Waals surface area contributed by atoms with Crippen LogP contribution in [-0.2, 0) is 24.3 Å². The van der Waals surface area contributed by atoms with Crippen molar-refractivity contribution in [1.82, 2.24) is 19.7 Å². The predicted octanol–water partition coefficient (Wildman–Crippen LogP) is 14.2. The molecule has 6 fully saturated rings. The zero-order valence-electron chi connectivity index (χ0n) is 49.3. The highest BCUT2D eigenvalue weighted by Crippen LogP contribution is 2.50. The van der Waals surface area contributed by atoms with Crippen LogP contribution >= 0.6 is 0 Å². The van der Waals surface area contributed by atoms with Crippen molar-refractivity contribution in [1.29, 1.82) is 15.8 Å². The van der Waals surface area contributed by atoms with Crippen molar-refractivity contribution in [2.24, 2.45) is 76.9 Å². The number of fused-ring (bicyclic) bond motifs is 3. The Balaban J connectivity index is 0.000000142. The number of hydrogen-bond donors (Lipinski definition) is 1. The van der Waals surface area contributed by atoms with Crippen LogP contribution in [0.3, 0.4) is 0 Å². The number of allylic oxidation sites excluding steroid dienone is 3. The average Bonchev–Trinajstić information content (AvgIpc) is 2.59. The van der Waals surface area contributed by atoms with Gasteiger partial charge in [0.05, 0.1) is 63.7 Å². The first-order chi connectivity index (χ1) is 41.0. The summed E-state index contributed by atoms with van der Waals surface area (Å²) < 4.78 is 32.9. The van der Waals surface area contributed by atoms with Crippen molar-refractivity contribution < 1.29 is 22.7 Å². The maximum atomic E-state index is 12.3. The van der Waals surface area contributed by atoms with Crippen LogP contribution in [0.15, 0.2) is 146 Å². The topological polar surface area (TPSA) is 200 Å². The van der Waals surface area contributed by atoms with Crippen LogP contribution in [0.1, 0.15) is 114 Å². The summed E-state index contributed by atoms with van der Waals surface area (Å²) in [6.45, 7) is 14.1. The highest BCUT2D eigenvalue weighted by Gasteiger charge is 2.50. The molecule has 3 aromatic carbocycles. The Labute approximate surface area is 501 Å². The molecular formula is C72H75N7O5S. The Bertz CT molecular complexity index is 3570. The number of nitriles is 3. The largest absolute Gasteiger partial charge is 0.462 e. The van der Waals surface area contributed by atoms with Gasteiger partial charge in [-0.1, -0.05) is 133 Å². The van der Waals surface area contributed by atoms with E-state index in [1.165, 1.54) is 6.42 Å². The molecule has 3 aromatic heterocycles. The zero-order chi connectivity index (χ0) is 59.9. The van der Waals surface area contributed by atoms with Gasteiger partial charge in [-0.2, -0.15) is 15.8 Å². The van der Waals surface area contributed by atoms with Gasteiger partial charge < -0.3 is 4.74 Å². The van der Waals surface area contributed by atoms with Gasteiger partial charge in [0.2, 0.25) is 10.0 Å². The van der Waals surface area contributed by atoms with Gasteiger partial charge in [0.15, 0.2) is 0 Å². The van der Waals surface area contributed by atoms with Crippen LogP contribution in [0.2, 0.25) is 0 Å². The van der Waals surface area contributed by atoms with E-state index in [2.05, 4.69) is 110 Å². The Kier molecular flexibility index (Phi) is 18.6. The fourth-order valence-electron chi connectivity index (χ4n) is 14.5. The maximum Gasteiger partial charge on any atom is 0.306 e. The molecule has 4 saturated carbocycles. The Morgan fingerprint density at radius 1 is 0.506 bits per heavy atom. The Hall–Kier alpha value is -8.15. The predicted molar refractivity (Wildman–Crippen MR) is 333 cm³/mol. The van der Waals surface area contributed by atoms with Crippen molar-refractivity contribution in [3.63, 3.8) is 0 Å². The van der Waals surface area contributed by atoms with Crippen molar-refractivity contribution in [2.75, 3.05) is 6.54 Å². The lowest BCUT2D eigenvalue weighted by Crippen LogP contribution is -2.40. The summed E-state index contributed by atoms with van der Waals surface area (Å²) in [5.74, 6) is 5.85. The summed E-state index contributed by atoms with van der Waals surface area (Å²) in [5, 5.41) is 27.6. The Morgan fingerprint density at radius 2 is 0.918 bits per heavy atom. The smallest absolute Gasteiger partial charge is 0.306 e. The van der Waals surface area contributed by atoms with E-state index in [1.54, 1.807) is 12.3 Å². The molecule has 0 unspecified atom stereocenters. The number of nitrogens with one attached hydrogen (secondary N) is 1. The normalized spacial score (nSPS) is 29.9. The zero-order valence-corrected chi connectivity index (χ0v) is 50.1. The third-order valence-corrected chi connectivity index (χ3v) is 21.8. The van der Waals surface area contributed by atoms with E-state index >= 15 is 0 Å². The van der Waals surface area contributed by atoms with Gasteiger partial charge >= 0.3 is 5.97 Å². The minimum absolute atomic E-state index is 0.0613. The fourth-order valence-corrected chi connectivity index (χ4v) is 16.4. The van der Waals surface area contributed by atoms with Gasteiger partial charge in [0.25, 0.3) is 0 Å². The summed E-state index contributed by atoms with van der Waals surface area (Å²) in [6, 6.07) is 41.2. The first-order valence-electron chi connectivity index (χ1n) is 30.1. The second kappa shape index (κ2) is 26.4. The summed E-state index contributed by atoms with van der Waals surface area (Å²) in [6.07, 6.45) is 23.2. The SMILES string of the molecule is C[C@H]1[C@H](/C=C/c2ccc(-c3ccccc3C#N)cn2)[C@@H]2CC(=O)C[C@@H]2C[C@@H]1C.C[C@H]1[C@H](/C=C/c2ccc(-c3ccccc3C#N)cn2)[C@@H]2CC(=O)O[C@@H]2C[C@@H]1C.C[C@H]1[C@H](/C=C/c2ccc(-c3ccccc3C#N)cn2)[C@@H]2CNS(=O)(=O)[C@@H]2C[C@@H]1C. The van der Waals surface area contributed by atoms with Crippen LogP contribution in [0.5, 0.6) is 0 Å². The number of ether oxygens (including phenoxy) is 1. The molecular weight excluding hydrogens is 1070 g/mol. The van der Waals surface area contributed by atoms with E-state index in [0.717, 1.165) is 76.1 Å². The van der Waals surface area contributed by atoms with E-state index in [1.807, 2.05) is 122 Å². The molecule has 6 aliphatic rings. The van der Waals surface area contributed by atoms with Crippen molar-refractivity contribution >= 4 is 40.0 Å². The van der Waals surface area contributed by atoms with Gasteiger partial charge in [-0.15, -0.1) is 0 Å². The second-order valence-electron chi connectivity index (χ2n) is 24.8. The minimum Gasteiger partial charge on any atom is -0.462 e. The second-order valence-corrected chi connectivity index (χ2v) is 26.8. The van der Waals surface area contributed by atoms with Crippen LogP contribution in [0.4, 0.5) is 0 Å². The molecule has 12 nitrogen and oxygen atoms in total. The molecule has 12 rings (SSSR count). The number of Topliss-reactive ketones (excluding diaryl/α,β-unsaturated/α-hetero) is 1. The summed E-state index contributed by atoms with van der Waals surface area (Å²) >= 11 is 0. The molecule has 6 aromatic rings. The number of hydrogen-bond acceptors (Lipinski definition) is 11. The van der Waals surface area contributed by atoms with Crippen molar-refractivity contribution in [2.45, 2.75) is 91.4 Å². The van der Waals surface area contributed by atoms with E-state index < -0.39 is 10.0 Å². The van der Waals surface area contributed by atoms with Gasteiger partial charge in [-0.05, 0) is 145 Å². The number of carbonyl (C=O) groups excluding carboxylic acids is 2. The molecule has 13 heteroatoms. The number of rotatable bonds is 9. The number of pyridine rings is 3. The maximum absolute atomic E-state index is 12.3. The number of aromatic nitrogens is 3. The molecule has 434 valence electrons. The van der Waals surface area contributed by atoms with Crippen molar-refractivity contribution in [3.05, 3.63) is 180 Å². The summed E-state index contributed by atoms with van der Waals surface area (Å²) in [4.78, 5) is 37.5. The highest BCUT2D eigenvalue weighted by atomic mass is 32.2. The molecule has 2 aliphatic heterocycles. The summed E-state index contributed by atoms with van der Waals surface area (Å²) in [5.41, 5.74) is 10.0. The molecule has 0 radical (unpaired) electrons. The Morgan fingerprint density at radius 3 is 1.35 bits per heavy atom. The number of nitrogens with zero attached hydrogens (tertiary/aromatic N) is 6. The highest BCUT2D eigenvalue weighted by molar-refractivity contribution is 7.90. The van der Waals surface area contributed by atoms with Crippen LogP contribution in [-0.4, -0.2) is 53.0 Å². The van der Waals surface area contributed by atoms with Gasteiger partial charge in [0.1, 0.15) is 11.9 Å². The molecule has 0 amide bonds. The van der Waals surface area contributed by atoms with Crippen LogP contribution in [0, 0.1) is 111 Å². The van der Waals surface area contributed by atoms with E-state index in [4.69, 9.17) is 4.74 Å². The van der Waals surface area contributed by atoms with Gasteiger partial charge in [-0.25, -0.2) is 13.1 Å².